The van der Waals surface area contributed by atoms with Crippen molar-refractivity contribution in [2.24, 2.45) is 0 Å². The van der Waals surface area contributed by atoms with Crippen LogP contribution in [-0.4, -0.2) is 0 Å². The quantitative estimate of drug-likeness (QED) is 0.165. The van der Waals surface area contributed by atoms with E-state index in [1.165, 1.54) is 77.5 Å². The predicted octanol–water partition coefficient (Wildman–Crippen LogP) is 14.6. The Kier molecular flexibility index (Phi) is 7.50. The SMILES string of the molecule is CC1(C)c2ccccc2-c2ccc(N(c3ccccc3)c3cccc(-c4cccc(C5(c6ccccc6)c6ccccc6-c6cc7ccccc7cc65)c4)c3)cc21. The first-order chi connectivity index (χ1) is 28.0. The minimum Gasteiger partial charge on any atom is -0.310 e. The summed E-state index contributed by atoms with van der Waals surface area (Å²) in [6.07, 6.45) is 0. The Bertz CT molecular complexity index is 2990. The van der Waals surface area contributed by atoms with Crippen LogP contribution in [0.5, 0.6) is 0 Å². The summed E-state index contributed by atoms with van der Waals surface area (Å²) in [7, 11) is 0. The van der Waals surface area contributed by atoms with Crippen molar-refractivity contribution in [1.29, 1.82) is 0 Å². The van der Waals surface area contributed by atoms with E-state index >= 15 is 0 Å². The average molecular weight is 728 g/mol. The summed E-state index contributed by atoms with van der Waals surface area (Å²) >= 11 is 0. The van der Waals surface area contributed by atoms with Crippen LogP contribution in [0.2, 0.25) is 0 Å². The molecule has 0 heterocycles. The van der Waals surface area contributed by atoms with Gasteiger partial charge in [-0.1, -0.05) is 172 Å². The third kappa shape index (κ3) is 5.02. The lowest BCUT2D eigenvalue weighted by molar-refractivity contribution is 0.660. The van der Waals surface area contributed by atoms with Crippen molar-refractivity contribution >= 4 is 27.8 Å². The summed E-state index contributed by atoms with van der Waals surface area (Å²) in [5.41, 5.74) is 18.4. The van der Waals surface area contributed by atoms with Crippen LogP contribution < -0.4 is 4.90 Å². The van der Waals surface area contributed by atoms with Gasteiger partial charge in [0.1, 0.15) is 0 Å². The molecule has 0 radical (unpaired) electrons. The first-order valence-electron chi connectivity index (χ1n) is 20.0. The van der Waals surface area contributed by atoms with Gasteiger partial charge in [0.15, 0.2) is 0 Å². The van der Waals surface area contributed by atoms with Crippen LogP contribution >= 0.6 is 0 Å². The molecule has 0 aliphatic heterocycles. The molecule has 2 aliphatic carbocycles. The summed E-state index contributed by atoms with van der Waals surface area (Å²) in [6.45, 7) is 4.71. The summed E-state index contributed by atoms with van der Waals surface area (Å²) in [6, 6.07) is 78.8. The summed E-state index contributed by atoms with van der Waals surface area (Å²) in [5, 5.41) is 2.52. The minimum atomic E-state index is -0.490. The van der Waals surface area contributed by atoms with Crippen LogP contribution in [-0.2, 0) is 10.8 Å². The Morgan fingerprint density at radius 3 is 1.63 bits per heavy atom. The molecule has 0 bridgehead atoms. The zero-order valence-corrected chi connectivity index (χ0v) is 32.2. The van der Waals surface area contributed by atoms with E-state index in [2.05, 4.69) is 231 Å². The second-order valence-corrected chi connectivity index (χ2v) is 16.1. The largest absolute Gasteiger partial charge is 0.310 e. The van der Waals surface area contributed by atoms with E-state index in [9.17, 15) is 0 Å². The number of nitrogens with zero attached hydrogens (tertiary/aromatic N) is 1. The van der Waals surface area contributed by atoms with Gasteiger partial charge in [0.05, 0.1) is 5.41 Å². The fourth-order valence-corrected chi connectivity index (χ4v) is 10.1. The third-order valence-electron chi connectivity index (χ3n) is 12.7. The molecule has 2 aliphatic rings. The van der Waals surface area contributed by atoms with Gasteiger partial charge < -0.3 is 4.90 Å². The number of para-hydroxylation sites is 1. The molecule has 0 N–H and O–H groups in total. The van der Waals surface area contributed by atoms with Gasteiger partial charge in [-0.25, -0.2) is 0 Å². The van der Waals surface area contributed by atoms with Crippen molar-refractivity contribution in [2.45, 2.75) is 24.7 Å². The molecule has 1 nitrogen and oxygen atoms in total. The zero-order valence-electron chi connectivity index (χ0n) is 32.2. The van der Waals surface area contributed by atoms with Gasteiger partial charge in [-0.3, -0.25) is 0 Å². The molecule has 0 saturated carbocycles. The highest BCUT2D eigenvalue weighted by atomic mass is 15.1. The molecule has 1 unspecified atom stereocenters. The molecule has 57 heavy (non-hydrogen) atoms. The second-order valence-electron chi connectivity index (χ2n) is 16.1. The molecular weight excluding hydrogens is 687 g/mol. The molecule has 9 aromatic carbocycles. The maximum atomic E-state index is 2.44. The molecule has 9 aromatic rings. The number of anilines is 3. The molecule has 1 atom stereocenters. The van der Waals surface area contributed by atoms with E-state index in [0.717, 1.165) is 17.1 Å². The number of rotatable bonds is 6. The monoisotopic (exact) mass is 727 g/mol. The maximum absolute atomic E-state index is 2.44. The Hall–Kier alpha value is -6.96. The van der Waals surface area contributed by atoms with E-state index in [0.29, 0.717) is 0 Å². The molecule has 0 aromatic heterocycles. The first-order valence-corrected chi connectivity index (χ1v) is 20.0. The lowest BCUT2D eigenvalue weighted by atomic mass is 9.67. The number of hydrogen-bond acceptors (Lipinski definition) is 1. The van der Waals surface area contributed by atoms with Crippen LogP contribution in [0.15, 0.2) is 212 Å². The van der Waals surface area contributed by atoms with Crippen molar-refractivity contribution < 1.29 is 0 Å². The van der Waals surface area contributed by atoms with E-state index in [-0.39, 0.29) is 5.41 Å². The predicted molar refractivity (Wildman–Crippen MR) is 239 cm³/mol. The van der Waals surface area contributed by atoms with Gasteiger partial charge in [0.2, 0.25) is 0 Å². The Balaban J connectivity index is 1.08. The van der Waals surface area contributed by atoms with Gasteiger partial charge >= 0.3 is 0 Å². The third-order valence-corrected chi connectivity index (χ3v) is 12.7. The van der Waals surface area contributed by atoms with Crippen molar-refractivity contribution in [3.63, 3.8) is 0 Å². The van der Waals surface area contributed by atoms with E-state index in [1.807, 2.05) is 0 Å². The lowest BCUT2D eigenvalue weighted by Gasteiger charge is -2.34. The molecule has 0 fully saturated rings. The molecule has 0 spiro atoms. The van der Waals surface area contributed by atoms with Crippen molar-refractivity contribution in [3.8, 4) is 33.4 Å². The minimum absolute atomic E-state index is 0.0922. The standard InChI is InChI=1S/C56H41N/c1-55(2)51-29-13-11-27-47(51)49-32-31-46(37-53(49)55)57(44-24-7-4-8-25-44)45-26-16-20-39(34-45)38-19-15-23-43(33-38)56(42-21-5-3-6-22-42)52-30-14-12-28-48(52)50-35-40-17-9-10-18-41(40)36-54(50)56/h3-37H,1-2H3. The average Bonchev–Trinajstić information content (AvgIpc) is 3.68. The van der Waals surface area contributed by atoms with Gasteiger partial charge in [0, 0.05) is 22.5 Å². The summed E-state index contributed by atoms with van der Waals surface area (Å²) in [5.74, 6) is 0. The van der Waals surface area contributed by atoms with Crippen LogP contribution in [0, 0.1) is 0 Å². The van der Waals surface area contributed by atoms with Crippen LogP contribution in [0.4, 0.5) is 17.1 Å². The number of hydrogen-bond donors (Lipinski definition) is 0. The Morgan fingerprint density at radius 1 is 0.316 bits per heavy atom. The number of fused-ring (bicyclic) bond motifs is 7. The van der Waals surface area contributed by atoms with Gasteiger partial charge in [-0.2, -0.15) is 0 Å². The molecule has 0 amide bonds. The molecule has 0 saturated heterocycles. The van der Waals surface area contributed by atoms with Gasteiger partial charge in [0.25, 0.3) is 0 Å². The zero-order chi connectivity index (χ0) is 38.1. The molecule has 270 valence electrons. The number of benzene rings is 9. The lowest BCUT2D eigenvalue weighted by Crippen LogP contribution is -2.28. The fourth-order valence-electron chi connectivity index (χ4n) is 10.1. The van der Waals surface area contributed by atoms with Crippen LogP contribution in [0.25, 0.3) is 44.2 Å². The molecule has 11 rings (SSSR count). The van der Waals surface area contributed by atoms with Crippen LogP contribution in [0.3, 0.4) is 0 Å². The second kappa shape index (κ2) is 12.8. The molecular formula is C56H41N. The fraction of sp³-hybridized carbons (Fsp3) is 0.0714. The topological polar surface area (TPSA) is 3.24 Å². The highest BCUT2D eigenvalue weighted by molar-refractivity contribution is 5.96. The Labute approximate surface area is 335 Å². The van der Waals surface area contributed by atoms with Crippen molar-refractivity contribution in [1.82, 2.24) is 0 Å². The van der Waals surface area contributed by atoms with Crippen molar-refractivity contribution in [2.75, 3.05) is 4.90 Å². The van der Waals surface area contributed by atoms with Crippen molar-refractivity contribution in [3.05, 3.63) is 246 Å². The normalized spacial score (nSPS) is 15.8. The highest BCUT2D eigenvalue weighted by Gasteiger charge is 2.46. The van der Waals surface area contributed by atoms with Gasteiger partial charge in [-0.05, 0) is 132 Å². The summed E-state index contributed by atoms with van der Waals surface area (Å²) < 4.78 is 0. The summed E-state index contributed by atoms with van der Waals surface area (Å²) in [4.78, 5) is 2.41. The van der Waals surface area contributed by atoms with E-state index in [4.69, 9.17) is 0 Å². The van der Waals surface area contributed by atoms with Crippen LogP contribution in [0.1, 0.15) is 47.2 Å². The maximum Gasteiger partial charge on any atom is 0.0713 e. The molecule has 1 heteroatoms. The van der Waals surface area contributed by atoms with Gasteiger partial charge in [-0.15, -0.1) is 0 Å². The Morgan fingerprint density at radius 2 is 0.860 bits per heavy atom. The first kappa shape index (κ1) is 33.4. The smallest absolute Gasteiger partial charge is 0.0713 e. The van der Waals surface area contributed by atoms with E-state index < -0.39 is 5.41 Å². The highest BCUT2D eigenvalue weighted by Crippen LogP contribution is 2.57. The van der Waals surface area contributed by atoms with E-state index in [1.54, 1.807) is 0 Å².